The number of hydrogen-bond acceptors (Lipinski definition) is 2. The first-order valence-corrected chi connectivity index (χ1v) is 6.77. The zero-order valence-electron chi connectivity index (χ0n) is 11.8. The lowest BCUT2D eigenvalue weighted by Crippen LogP contribution is -2.48. The van der Waals surface area contributed by atoms with Crippen LogP contribution in [0.5, 0.6) is 0 Å². The second-order valence-electron chi connectivity index (χ2n) is 7.14. The van der Waals surface area contributed by atoms with E-state index in [1.807, 2.05) is 0 Å². The number of rotatable bonds is 3. The van der Waals surface area contributed by atoms with Gasteiger partial charge in [-0.15, -0.1) is 0 Å². The van der Waals surface area contributed by atoms with Crippen molar-refractivity contribution in [3.63, 3.8) is 0 Å². The van der Waals surface area contributed by atoms with E-state index in [4.69, 9.17) is 0 Å². The van der Waals surface area contributed by atoms with Gasteiger partial charge in [0.2, 0.25) is 0 Å². The van der Waals surface area contributed by atoms with Crippen LogP contribution in [0.1, 0.15) is 60.3 Å². The normalized spacial score (nSPS) is 24.2. The third-order valence-electron chi connectivity index (χ3n) is 3.14. The molecule has 0 amide bonds. The minimum absolute atomic E-state index is 0.257. The second-order valence-corrected chi connectivity index (χ2v) is 7.14. The Morgan fingerprint density at radius 3 is 2.38 bits per heavy atom. The molecule has 0 aromatic heterocycles. The van der Waals surface area contributed by atoms with Crippen LogP contribution >= 0.6 is 0 Å². The van der Waals surface area contributed by atoms with E-state index in [-0.39, 0.29) is 5.54 Å². The molecule has 0 bridgehead atoms. The van der Waals surface area contributed by atoms with Gasteiger partial charge >= 0.3 is 0 Å². The van der Waals surface area contributed by atoms with E-state index < -0.39 is 0 Å². The van der Waals surface area contributed by atoms with Crippen LogP contribution in [0.2, 0.25) is 0 Å². The Morgan fingerprint density at radius 2 is 1.75 bits per heavy atom. The predicted octanol–water partition coefficient (Wildman–Crippen LogP) is 2.93. The summed E-state index contributed by atoms with van der Waals surface area (Å²) in [6.07, 6.45) is 5.13. The van der Waals surface area contributed by atoms with Crippen LogP contribution < -0.4 is 10.6 Å². The summed E-state index contributed by atoms with van der Waals surface area (Å²) in [5.41, 5.74) is 0.659. The van der Waals surface area contributed by atoms with Gasteiger partial charge in [-0.2, -0.15) is 0 Å². The maximum Gasteiger partial charge on any atom is 0.0132 e. The van der Waals surface area contributed by atoms with Crippen LogP contribution in [0.25, 0.3) is 0 Å². The fourth-order valence-corrected chi connectivity index (χ4v) is 3.09. The first-order chi connectivity index (χ1) is 7.29. The zero-order chi connectivity index (χ0) is 12.2. The summed E-state index contributed by atoms with van der Waals surface area (Å²) in [4.78, 5) is 0. The largest absolute Gasteiger partial charge is 0.317 e. The molecule has 1 aliphatic heterocycles. The molecule has 0 saturated carbocycles. The van der Waals surface area contributed by atoms with Crippen molar-refractivity contribution in [1.82, 2.24) is 10.6 Å². The van der Waals surface area contributed by atoms with Crippen molar-refractivity contribution in [3.05, 3.63) is 0 Å². The van der Waals surface area contributed by atoms with E-state index in [1.165, 1.54) is 38.8 Å². The molecule has 1 saturated heterocycles. The summed E-state index contributed by atoms with van der Waals surface area (Å²) in [6.45, 7) is 14.0. The highest BCUT2D eigenvalue weighted by atomic mass is 15.0. The molecule has 0 aliphatic carbocycles. The Kier molecular flexibility index (Phi) is 4.81. The van der Waals surface area contributed by atoms with E-state index in [2.05, 4.69) is 45.3 Å². The predicted molar refractivity (Wildman–Crippen MR) is 71.8 cm³/mol. The number of nitrogens with one attached hydrogen (secondary N) is 2. The van der Waals surface area contributed by atoms with Gasteiger partial charge in [0.25, 0.3) is 0 Å². The van der Waals surface area contributed by atoms with Crippen molar-refractivity contribution in [2.45, 2.75) is 71.9 Å². The average Bonchev–Trinajstić information content (AvgIpc) is 2.26. The molecule has 2 heteroatoms. The molecule has 1 unspecified atom stereocenters. The van der Waals surface area contributed by atoms with Gasteiger partial charge in [-0.25, -0.2) is 0 Å². The fraction of sp³-hybridized carbons (Fsp3) is 1.00. The number of hydrogen-bond donors (Lipinski definition) is 2. The van der Waals surface area contributed by atoms with Gasteiger partial charge in [-0.3, -0.25) is 0 Å². The van der Waals surface area contributed by atoms with Crippen molar-refractivity contribution in [1.29, 1.82) is 0 Å². The molecule has 1 heterocycles. The van der Waals surface area contributed by atoms with Gasteiger partial charge in [-0.1, -0.05) is 20.8 Å². The second kappa shape index (κ2) is 5.50. The first-order valence-electron chi connectivity index (χ1n) is 6.77. The molecule has 0 radical (unpaired) electrons. The third kappa shape index (κ3) is 5.86. The molecule has 1 fully saturated rings. The lowest BCUT2D eigenvalue weighted by Gasteiger charge is -2.36. The Morgan fingerprint density at radius 1 is 1.06 bits per heavy atom. The molecule has 0 aromatic rings. The van der Waals surface area contributed by atoms with Crippen LogP contribution in [0.4, 0.5) is 0 Å². The third-order valence-corrected chi connectivity index (χ3v) is 3.14. The quantitative estimate of drug-likeness (QED) is 0.773. The van der Waals surface area contributed by atoms with E-state index in [0.717, 1.165) is 0 Å². The summed E-state index contributed by atoms with van der Waals surface area (Å²) in [7, 11) is 0. The van der Waals surface area contributed by atoms with E-state index >= 15 is 0 Å². The van der Waals surface area contributed by atoms with Crippen LogP contribution in [0.15, 0.2) is 0 Å². The van der Waals surface area contributed by atoms with E-state index in [0.29, 0.717) is 11.5 Å². The minimum atomic E-state index is 0.257. The monoisotopic (exact) mass is 226 g/mol. The van der Waals surface area contributed by atoms with Crippen molar-refractivity contribution >= 4 is 0 Å². The molecule has 1 rings (SSSR count). The lowest BCUT2D eigenvalue weighted by atomic mass is 9.81. The molecular weight excluding hydrogens is 196 g/mol. The summed E-state index contributed by atoms with van der Waals surface area (Å²) < 4.78 is 0. The summed E-state index contributed by atoms with van der Waals surface area (Å²) in [6, 6.07) is 0.701. The van der Waals surface area contributed by atoms with Crippen molar-refractivity contribution in [2.24, 2.45) is 5.41 Å². The van der Waals surface area contributed by atoms with Gasteiger partial charge < -0.3 is 10.6 Å². The summed E-state index contributed by atoms with van der Waals surface area (Å²) in [5, 5.41) is 7.32. The van der Waals surface area contributed by atoms with Gasteiger partial charge in [0.15, 0.2) is 0 Å². The van der Waals surface area contributed by atoms with E-state index in [9.17, 15) is 0 Å². The van der Waals surface area contributed by atoms with Crippen molar-refractivity contribution < 1.29 is 0 Å². The first kappa shape index (κ1) is 14.0. The molecule has 1 aliphatic rings. The smallest absolute Gasteiger partial charge is 0.0132 e. The zero-order valence-corrected chi connectivity index (χ0v) is 11.8. The van der Waals surface area contributed by atoms with Crippen LogP contribution in [-0.4, -0.2) is 24.7 Å². The van der Waals surface area contributed by atoms with Crippen LogP contribution in [0, 0.1) is 5.41 Å². The Labute approximate surface area is 102 Å². The Hall–Kier alpha value is -0.0800. The topological polar surface area (TPSA) is 24.1 Å². The maximum atomic E-state index is 3.85. The molecule has 1 atom stereocenters. The Balaban J connectivity index is 2.43. The highest BCUT2D eigenvalue weighted by molar-refractivity contribution is 4.87. The molecule has 0 aromatic carbocycles. The Bertz CT molecular complexity index is 195. The molecule has 2 N–H and O–H groups in total. The standard InChI is InChI=1S/C14H30N2/c1-13(2,3)11-14(4,5)16-12-7-6-9-15-10-8-12/h12,15-16H,6-11H2,1-5H3. The van der Waals surface area contributed by atoms with Crippen LogP contribution in [0.3, 0.4) is 0 Å². The maximum absolute atomic E-state index is 3.85. The van der Waals surface area contributed by atoms with Gasteiger partial charge in [0.1, 0.15) is 0 Å². The molecule has 16 heavy (non-hydrogen) atoms. The minimum Gasteiger partial charge on any atom is -0.317 e. The highest BCUT2D eigenvalue weighted by Gasteiger charge is 2.27. The molecule has 2 nitrogen and oxygen atoms in total. The average molecular weight is 226 g/mol. The molecule has 0 spiro atoms. The van der Waals surface area contributed by atoms with Crippen molar-refractivity contribution in [3.8, 4) is 0 Å². The lowest BCUT2D eigenvalue weighted by molar-refractivity contribution is 0.216. The van der Waals surface area contributed by atoms with E-state index in [1.54, 1.807) is 0 Å². The van der Waals surface area contributed by atoms with Gasteiger partial charge in [-0.05, 0) is 58.0 Å². The SMILES string of the molecule is CC(C)(C)CC(C)(C)NC1CCCNCC1. The van der Waals surface area contributed by atoms with Crippen molar-refractivity contribution in [2.75, 3.05) is 13.1 Å². The fourth-order valence-electron chi connectivity index (χ4n) is 3.09. The molecular formula is C14H30N2. The summed E-state index contributed by atoms with van der Waals surface area (Å²) >= 11 is 0. The van der Waals surface area contributed by atoms with Crippen LogP contribution in [-0.2, 0) is 0 Å². The molecule has 96 valence electrons. The highest BCUT2D eigenvalue weighted by Crippen LogP contribution is 2.27. The van der Waals surface area contributed by atoms with Gasteiger partial charge in [0, 0.05) is 11.6 Å². The summed E-state index contributed by atoms with van der Waals surface area (Å²) in [5.74, 6) is 0. The van der Waals surface area contributed by atoms with Gasteiger partial charge in [0.05, 0.1) is 0 Å².